The molecular weight excluding hydrogens is 454 g/mol. The maximum atomic E-state index is 12.4. The highest BCUT2D eigenvalue weighted by atomic mass is 32.1. The van der Waals surface area contributed by atoms with E-state index in [1.807, 2.05) is 48.5 Å². The molecular formula is C25H25N3O5S. The summed E-state index contributed by atoms with van der Waals surface area (Å²) in [4.78, 5) is 37.0. The van der Waals surface area contributed by atoms with Crippen LogP contribution in [0.1, 0.15) is 50.6 Å². The second kappa shape index (κ2) is 11.8. The molecule has 1 heterocycles. The van der Waals surface area contributed by atoms with Crippen molar-refractivity contribution < 1.29 is 23.9 Å². The first-order valence-corrected chi connectivity index (χ1v) is 11.4. The lowest BCUT2D eigenvalue weighted by molar-refractivity contribution is 0.0527. The number of urea groups is 1. The van der Waals surface area contributed by atoms with Crippen LogP contribution in [0, 0.1) is 6.92 Å². The summed E-state index contributed by atoms with van der Waals surface area (Å²) in [5.41, 5.74) is 4.78. The number of hydrogen-bond donors (Lipinski definition) is 2. The maximum Gasteiger partial charge on any atom is 0.341 e. The molecule has 0 bridgehead atoms. The van der Waals surface area contributed by atoms with Crippen molar-refractivity contribution in [2.24, 2.45) is 5.10 Å². The number of ether oxygens (including phenoxy) is 2. The maximum absolute atomic E-state index is 12.4. The molecule has 1 aromatic heterocycles. The van der Waals surface area contributed by atoms with Gasteiger partial charge in [-0.2, -0.15) is 5.10 Å². The number of amides is 2. The van der Waals surface area contributed by atoms with E-state index in [-0.39, 0.29) is 23.0 Å². The van der Waals surface area contributed by atoms with Crippen LogP contribution in [0.5, 0.6) is 5.75 Å². The topological polar surface area (TPSA) is 106 Å². The van der Waals surface area contributed by atoms with E-state index in [1.54, 1.807) is 19.9 Å². The number of benzene rings is 2. The monoisotopic (exact) mass is 479 g/mol. The Morgan fingerprint density at radius 1 is 1.09 bits per heavy atom. The lowest BCUT2D eigenvalue weighted by Crippen LogP contribution is -2.24. The zero-order chi connectivity index (χ0) is 24.5. The first kappa shape index (κ1) is 24.7. The summed E-state index contributed by atoms with van der Waals surface area (Å²) in [6.07, 6.45) is 1.47. The molecule has 0 saturated carbocycles. The van der Waals surface area contributed by atoms with Crippen LogP contribution in [0.2, 0.25) is 0 Å². The molecule has 0 aliphatic carbocycles. The summed E-state index contributed by atoms with van der Waals surface area (Å²) in [5, 5.41) is 6.76. The van der Waals surface area contributed by atoms with Crippen molar-refractivity contribution in [2.45, 2.75) is 27.4 Å². The number of carbonyl (C=O) groups is 3. The molecule has 0 atom stereocenters. The second-order valence-electron chi connectivity index (χ2n) is 7.21. The van der Waals surface area contributed by atoms with Gasteiger partial charge in [-0.25, -0.2) is 15.0 Å². The van der Waals surface area contributed by atoms with Crippen molar-refractivity contribution in [1.29, 1.82) is 0 Å². The smallest absolute Gasteiger partial charge is 0.341 e. The summed E-state index contributed by atoms with van der Waals surface area (Å²) in [5.74, 6) is -0.133. The lowest BCUT2D eigenvalue weighted by Gasteiger charge is -2.07. The first-order valence-electron chi connectivity index (χ1n) is 10.6. The number of nitrogens with one attached hydrogen (secondary N) is 2. The number of hydrazone groups is 1. The summed E-state index contributed by atoms with van der Waals surface area (Å²) in [7, 11) is 0. The van der Waals surface area contributed by atoms with Gasteiger partial charge in [-0.05, 0) is 49.6 Å². The van der Waals surface area contributed by atoms with E-state index in [4.69, 9.17) is 9.47 Å². The zero-order valence-electron chi connectivity index (χ0n) is 19.1. The summed E-state index contributed by atoms with van der Waals surface area (Å²) < 4.78 is 10.9. The highest BCUT2D eigenvalue weighted by molar-refractivity contribution is 7.18. The Hall–Kier alpha value is -3.98. The molecule has 0 fully saturated rings. The van der Waals surface area contributed by atoms with E-state index >= 15 is 0 Å². The normalized spacial score (nSPS) is 10.7. The molecule has 9 heteroatoms. The van der Waals surface area contributed by atoms with Crippen molar-refractivity contribution in [1.82, 2.24) is 5.43 Å². The quantitative estimate of drug-likeness (QED) is 0.191. The molecule has 0 aliphatic heterocycles. The molecule has 0 saturated heterocycles. The molecule has 2 aromatic carbocycles. The van der Waals surface area contributed by atoms with Crippen molar-refractivity contribution >= 4 is 40.3 Å². The molecule has 34 heavy (non-hydrogen) atoms. The highest BCUT2D eigenvalue weighted by Gasteiger charge is 2.25. The Kier molecular flexibility index (Phi) is 8.53. The van der Waals surface area contributed by atoms with Gasteiger partial charge in [-0.3, -0.25) is 10.1 Å². The lowest BCUT2D eigenvalue weighted by atomic mass is 10.1. The van der Waals surface area contributed by atoms with Crippen LogP contribution >= 0.6 is 11.3 Å². The van der Waals surface area contributed by atoms with E-state index in [0.717, 1.165) is 22.5 Å². The SMILES string of the molecule is CCOC(=O)c1c(NC(=O)NN=Cc2cccc(OCc3ccccc3)c2)sc(C(C)=O)c1C. The van der Waals surface area contributed by atoms with Gasteiger partial charge in [0.2, 0.25) is 0 Å². The Morgan fingerprint density at radius 3 is 2.56 bits per heavy atom. The van der Waals surface area contributed by atoms with Gasteiger partial charge < -0.3 is 9.47 Å². The van der Waals surface area contributed by atoms with E-state index in [0.29, 0.717) is 22.8 Å². The molecule has 0 radical (unpaired) electrons. The minimum absolute atomic E-state index is 0.166. The molecule has 3 aromatic rings. The molecule has 0 unspecified atom stereocenters. The van der Waals surface area contributed by atoms with Gasteiger partial charge in [0.25, 0.3) is 0 Å². The van der Waals surface area contributed by atoms with Crippen LogP contribution in [0.15, 0.2) is 59.7 Å². The number of anilines is 1. The molecule has 3 rings (SSSR count). The molecule has 8 nitrogen and oxygen atoms in total. The van der Waals surface area contributed by atoms with Crippen LogP contribution in [-0.2, 0) is 11.3 Å². The molecule has 2 N–H and O–H groups in total. The second-order valence-corrected chi connectivity index (χ2v) is 8.23. The van der Waals surface area contributed by atoms with Gasteiger partial charge in [0.1, 0.15) is 17.4 Å². The molecule has 0 spiro atoms. The van der Waals surface area contributed by atoms with Gasteiger partial charge in [-0.1, -0.05) is 42.5 Å². The van der Waals surface area contributed by atoms with Gasteiger partial charge in [0.05, 0.1) is 23.3 Å². The Morgan fingerprint density at radius 2 is 1.85 bits per heavy atom. The standard InChI is InChI=1S/C25H25N3O5S/c1-4-32-24(30)21-16(2)22(17(3)29)34-23(21)27-25(31)28-26-14-19-11-8-12-20(13-19)33-15-18-9-6-5-7-10-18/h5-14H,4,15H2,1-3H3,(H2,27,28,31). The fourth-order valence-electron chi connectivity index (χ4n) is 3.11. The van der Waals surface area contributed by atoms with Crippen LogP contribution in [0.4, 0.5) is 9.80 Å². The Labute approximate surface area is 201 Å². The minimum Gasteiger partial charge on any atom is -0.489 e. The van der Waals surface area contributed by atoms with Crippen molar-refractivity contribution in [3.63, 3.8) is 0 Å². The van der Waals surface area contributed by atoms with Crippen molar-refractivity contribution in [2.75, 3.05) is 11.9 Å². The fraction of sp³-hybridized carbons (Fsp3) is 0.200. The van der Waals surface area contributed by atoms with E-state index in [9.17, 15) is 14.4 Å². The summed E-state index contributed by atoms with van der Waals surface area (Å²) in [6.45, 7) is 5.34. The van der Waals surface area contributed by atoms with Crippen LogP contribution < -0.4 is 15.5 Å². The van der Waals surface area contributed by atoms with Crippen molar-refractivity contribution in [3.05, 3.63) is 81.7 Å². The third-order valence-corrected chi connectivity index (χ3v) is 5.97. The summed E-state index contributed by atoms with van der Waals surface area (Å²) in [6, 6.07) is 16.4. The largest absolute Gasteiger partial charge is 0.489 e. The third-order valence-electron chi connectivity index (χ3n) is 4.66. The number of Topliss-reactive ketones (excluding diaryl/α,β-unsaturated/α-hetero) is 1. The molecule has 2 amide bonds. The van der Waals surface area contributed by atoms with Crippen molar-refractivity contribution in [3.8, 4) is 5.75 Å². The first-order chi connectivity index (χ1) is 16.4. The molecule has 176 valence electrons. The highest BCUT2D eigenvalue weighted by Crippen LogP contribution is 2.34. The third kappa shape index (κ3) is 6.52. The number of carbonyl (C=O) groups excluding carboxylic acids is 3. The van der Waals surface area contributed by atoms with E-state index in [1.165, 1.54) is 13.1 Å². The van der Waals surface area contributed by atoms with E-state index < -0.39 is 12.0 Å². The number of esters is 1. The van der Waals surface area contributed by atoms with Gasteiger partial charge in [-0.15, -0.1) is 11.3 Å². The van der Waals surface area contributed by atoms with Crippen LogP contribution in [0.25, 0.3) is 0 Å². The molecule has 0 aliphatic rings. The number of rotatable bonds is 9. The number of thiophene rings is 1. The number of ketones is 1. The average molecular weight is 480 g/mol. The number of nitrogens with zero attached hydrogens (tertiary/aromatic N) is 1. The van der Waals surface area contributed by atoms with Gasteiger partial charge >= 0.3 is 12.0 Å². The predicted octanol–water partition coefficient (Wildman–Crippen LogP) is 5.17. The Balaban J connectivity index is 1.63. The minimum atomic E-state index is -0.658. The van der Waals surface area contributed by atoms with Gasteiger partial charge in [0.15, 0.2) is 5.78 Å². The summed E-state index contributed by atoms with van der Waals surface area (Å²) >= 11 is 1.02. The van der Waals surface area contributed by atoms with Gasteiger partial charge in [0, 0.05) is 0 Å². The number of hydrogen-bond acceptors (Lipinski definition) is 7. The van der Waals surface area contributed by atoms with Crippen LogP contribution in [0.3, 0.4) is 0 Å². The predicted molar refractivity (Wildman–Crippen MR) is 132 cm³/mol. The van der Waals surface area contributed by atoms with Crippen LogP contribution in [-0.4, -0.2) is 30.6 Å². The average Bonchev–Trinajstić information content (AvgIpc) is 3.14. The zero-order valence-corrected chi connectivity index (χ0v) is 19.9. The van der Waals surface area contributed by atoms with E-state index in [2.05, 4.69) is 15.8 Å². The fourth-order valence-corrected chi connectivity index (χ4v) is 4.19. The Bertz CT molecular complexity index is 1200.